The minimum atomic E-state index is -1.00. The van der Waals surface area contributed by atoms with Gasteiger partial charge in [0.1, 0.15) is 12.4 Å². The molecule has 2 aromatic rings. The average molecular weight is 357 g/mol. The Labute approximate surface area is 130 Å². The molecule has 0 amide bonds. The van der Waals surface area contributed by atoms with Gasteiger partial charge in [-0.05, 0) is 30.7 Å². The van der Waals surface area contributed by atoms with E-state index in [-0.39, 0.29) is 12.4 Å². The Morgan fingerprint density at radius 3 is 2.86 bits per heavy atom. The molecule has 0 saturated carbocycles. The minimum Gasteiger partial charge on any atom is -0.484 e. The molecule has 0 unspecified atom stereocenters. The summed E-state index contributed by atoms with van der Waals surface area (Å²) in [5, 5.41) is 3.15. The van der Waals surface area contributed by atoms with Crippen molar-refractivity contribution in [1.29, 1.82) is 0 Å². The van der Waals surface area contributed by atoms with E-state index in [9.17, 15) is 8.78 Å². The summed E-state index contributed by atoms with van der Waals surface area (Å²) in [5.41, 5.74) is 0.635. The van der Waals surface area contributed by atoms with Gasteiger partial charge in [-0.1, -0.05) is 28.9 Å². The maximum absolute atomic E-state index is 13.6. The Hall–Kier alpha value is -1.69. The summed E-state index contributed by atoms with van der Waals surface area (Å²) in [4.78, 5) is 4.34. The maximum Gasteiger partial charge on any atom is 0.200 e. The van der Waals surface area contributed by atoms with Crippen LogP contribution in [-0.4, -0.2) is 11.5 Å². The van der Waals surface area contributed by atoms with E-state index in [0.717, 1.165) is 24.8 Å². The van der Waals surface area contributed by atoms with E-state index in [4.69, 9.17) is 4.74 Å². The third-order valence-corrected chi connectivity index (χ3v) is 3.16. The summed E-state index contributed by atoms with van der Waals surface area (Å²) in [5.74, 6) is -1.36. The van der Waals surface area contributed by atoms with Gasteiger partial charge in [-0.3, -0.25) is 0 Å². The third-order valence-electron chi connectivity index (χ3n) is 2.70. The van der Waals surface area contributed by atoms with E-state index in [1.165, 1.54) is 6.07 Å². The minimum absolute atomic E-state index is 0.0639. The van der Waals surface area contributed by atoms with Crippen LogP contribution in [0.15, 0.2) is 34.8 Å². The molecule has 0 atom stereocenters. The molecule has 0 aliphatic rings. The van der Waals surface area contributed by atoms with Crippen LogP contribution in [0.25, 0.3) is 0 Å². The summed E-state index contributed by atoms with van der Waals surface area (Å²) in [6, 6.07) is 7.89. The van der Waals surface area contributed by atoms with E-state index in [1.54, 1.807) is 6.07 Å². The molecule has 21 heavy (non-hydrogen) atoms. The molecular weight excluding hydrogens is 342 g/mol. The maximum atomic E-state index is 13.6. The second-order valence-corrected chi connectivity index (χ2v) is 5.35. The molecule has 0 radical (unpaired) electrons. The fourth-order valence-corrected chi connectivity index (χ4v) is 2.11. The van der Waals surface area contributed by atoms with Crippen LogP contribution in [0.5, 0.6) is 5.75 Å². The van der Waals surface area contributed by atoms with Crippen molar-refractivity contribution < 1.29 is 13.5 Å². The van der Waals surface area contributed by atoms with Gasteiger partial charge in [0.2, 0.25) is 5.82 Å². The van der Waals surface area contributed by atoms with Gasteiger partial charge in [-0.2, -0.15) is 4.39 Å². The molecule has 3 nitrogen and oxygen atoms in total. The summed E-state index contributed by atoms with van der Waals surface area (Å²) < 4.78 is 32.6. The average Bonchev–Trinajstić information content (AvgIpc) is 2.47. The molecule has 1 N–H and O–H groups in total. The monoisotopic (exact) mass is 356 g/mol. The lowest BCUT2D eigenvalue weighted by Gasteiger charge is -2.09. The number of benzene rings is 1. The van der Waals surface area contributed by atoms with Crippen molar-refractivity contribution in [3.8, 4) is 5.75 Å². The van der Waals surface area contributed by atoms with Crippen molar-refractivity contribution in [2.75, 3.05) is 11.9 Å². The molecule has 6 heteroatoms. The van der Waals surface area contributed by atoms with Crippen LogP contribution in [0.1, 0.15) is 19.0 Å². The topological polar surface area (TPSA) is 34.1 Å². The molecule has 0 bridgehead atoms. The second-order valence-electron chi connectivity index (χ2n) is 4.43. The summed E-state index contributed by atoms with van der Waals surface area (Å²) in [6.45, 7) is 2.95. The fraction of sp³-hybridized carbons (Fsp3) is 0.267. The Morgan fingerprint density at radius 1 is 1.29 bits per heavy atom. The Morgan fingerprint density at radius 2 is 2.10 bits per heavy atom. The third kappa shape index (κ3) is 4.39. The molecule has 2 rings (SSSR count). The number of nitrogens with one attached hydrogen (secondary N) is 1. The number of pyridine rings is 1. The summed E-state index contributed by atoms with van der Waals surface area (Å²) in [7, 11) is 0. The van der Waals surface area contributed by atoms with Crippen molar-refractivity contribution in [3.63, 3.8) is 0 Å². The molecule has 0 fully saturated rings. The molecular formula is C15H15BrF2N2O. The van der Waals surface area contributed by atoms with E-state index in [1.807, 2.05) is 12.1 Å². The van der Waals surface area contributed by atoms with Gasteiger partial charge in [0.25, 0.3) is 0 Å². The number of nitrogens with zero attached hydrogens (tertiary/aromatic N) is 1. The number of aromatic nitrogens is 1. The SMILES string of the molecule is CCCNc1cccc(COc2cc(Br)cc(F)c2F)n1. The quantitative estimate of drug-likeness (QED) is 0.772. The van der Waals surface area contributed by atoms with Gasteiger partial charge < -0.3 is 10.1 Å². The first kappa shape index (κ1) is 15.7. The van der Waals surface area contributed by atoms with Gasteiger partial charge in [0, 0.05) is 11.0 Å². The van der Waals surface area contributed by atoms with Crippen molar-refractivity contribution in [1.82, 2.24) is 4.98 Å². The van der Waals surface area contributed by atoms with Gasteiger partial charge in [-0.15, -0.1) is 0 Å². The molecule has 112 valence electrons. The molecule has 1 aromatic heterocycles. The van der Waals surface area contributed by atoms with Crippen molar-refractivity contribution in [3.05, 3.63) is 52.1 Å². The molecule has 0 spiro atoms. The smallest absolute Gasteiger partial charge is 0.200 e. The number of anilines is 1. The van der Waals surface area contributed by atoms with E-state index < -0.39 is 11.6 Å². The molecule has 1 heterocycles. The van der Waals surface area contributed by atoms with Crippen LogP contribution in [0.3, 0.4) is 0 Å². The zero-order chi connectivity index (χ0) is 15.2. The molecule has 0 saturated heterocycles. The first-order valence-electron chi connectivity index (χ1n) is 6.57. The normalized spacial score (nSPS) is 10.5. The van der Waals surface area contributed by atoms with Crippen LogP contribution in [-0.2, 0) is 6.61 Å². The van der Waals surface area contributed by atoms with Crippen LogP contribution in [0, 0.1) is 11.6 Å². The Kier molecular flexibility index (Phi) is 5.50. The highest BCUT2D eigenvalue weighted by atomic mass is 79.9. The first-order valence-corrected chi connectivity index (χ1v) is 7.36. The Balaban J connectivity index is 2.06. The summed E-state index contributed by atoms with van der Waals surface area (Å²) in [6.07, 6.45) is 0.991. The predicted octanol–water partition coefficient (Wildman–Crippen LogP) is 4.52. The van der Waals surface area contributed by atoms with E-state index in [2.05, 4.69) is 33.2 Å². The van der Waals surface area contributed by atoms with Gasteiger partial charge in [0.15, 0.2) is 11.6 Å². The number of halogens is 3. The standard InChI is InChI=1S/C15H15BrF2N2O/c1-2-6-19-14-5-3-4-11(20-14)9-21-13-8-10(16)7-12(17)15(13)18/h3-5,7-8H,2,6,9H2,1H3,(H,19,20). The lowest BCUT2D eigenvalue weighted by Crippen LogP contribution is -2.05. The largest absolute Gasteiger partial charge is 0.484 e. The number of hydrogen-bond acceptors (Lipinski definition) is 3. The highest BCUT2D eigenvalue weighted by Gasteiger charge is 2.11. The second kappa shape index (κ2) is 7.36. The highest BCUT2D eigenvalue weighted by molar-refractivity contribution is 9.10. The molecule has 1 aromatic carbocycles. The zero-order valence-electron chi connectivity index (χ0n) is 11.5. The Bertz CT molecular complexity index is 623. The van der Waals surface area contributed by atoms with Crippen LogP contribution < -0.4 is 10.1 Å². The van der Waals surface area contributed by atoms with Gasteiger partial charge in [0.05, 0.1) is 5.69 Å². The van der Waals surface area contributed by atoms with Crippen LogP contribution >= 0.6 is 15.9 Å². The first-order chi connectivity index (χ1) is 10.1. The van der Waals surface area contributed by atoms with E-state index in [0.29, 0.717) is 10.2 Å². The fourth-order valence-electron chi connectivity index (χ4n) is 1.70. The van der Waals surface area contributed by atoms with Crippen LogP contribution in [0.4, 0.5) is 14.6 Å². The lowest BCUT2D eigenvalue weighted by atomic mass is 10.3. The van der Waals surface area contributed by atoms with Gasteiger partial charge >= 0.3 is 0 Å². The number of ether oxygens (including phenoxy) is 1. The number of hydrogen-bond donors (Lipinski definition) is 1. The van der Waals surface area contributed by atoms with E-state index >= 15 is 0 Å². The molecule has 0 aliphatic heterocycles. The van der Waals surface area contributed by atoms with Crippen molar-refractivity contribution in [2.24, 2.45) is 0 Å². The van der Waals surface area contributed by atoms with Crippen molar-refractivity contribution >= 4 is 21.7 Å². The zero-order valence-corrected chi connectivity index (χ0v) is 13.1. The van der Waals surface area contributed by atoms with Crippen LogP contribution in [0.2, 0.25) is 0 Å². The number of rotatable bonds is 6. The lowest BCUT2D eigenvalue weighted by molar-refractivity contribution is 0.280. The highest BCUT2D eigenvalue weighted by Crippen LogP contribution is 2.26. The summed E-state index contributed by atoms with van der Waals surface area (Å²) >= 11 is 3.10. The molecule has 0 aliphatic carbocycles. The van der Waals surface area contributed by atoms with Gasteiger partial charge in [-0.25, -0.2) is 9.37 Å². The predicted molar refractivity (Wildman–Crippen MR) is 81.4 cm³/mol. The van der Waals surface area contributed by atoms with Crippen molar-refractivity contribution in [2.45, 2.75) is 20.0 Å².